The zero-order valence-electron chi connectivity index (χ0n) is 17.6. The lowest BCUT2D eigenvalue weighted by atomic mass is 10.1. The van der Waals surface area contributed by atoms with Gasteiger partial charge in [-0.15, -0.1) is 0 Å². The molecule has 0 bridgehead atoms. The molecule has 0 saturated carbocycles. The largest absolute Gasteiger partial charge is 0.483 e. The molecule has 0 aliphatic heterocycles. The van der Waals surface area contributed by atoms with Crippen molar-refractivity contribution in [3.05, 3.63) is 87.4 Å². The highest BCUT2D eigenvalue weighted by molar-refractivity contribution is 9.10. The minimum Gasteiger partial charge on any atom is -0.483 e. The zero-order valence-corrected chi connectivity index (χ0v) is 19.2. The number of halogens is 1. The standard InChI is InChI=1S/C25H27BrN2O2/c1-4-19-6-9-21(10-7-19)27-15-20-8-12-24(22(26)14-20)30-16-25(29)28-23-11-5-17(2)13-18(23)3/h5-14,27H,4,15-16H2,1-3H3,(H,28,29). The lowest BCUT2D eigenvalue weighted by molar-refractivity contribution is -0.118. The molecule has 0 atom stereocenters. The van der Waals surface area contributed by atoms with E-state index in [0.717, 1.165) is 33.4 Å². The van der Waals surface area contributed by atoms with Gasteiger partial charge in [-0.3, -0.25) is 4.79 Å². The number of ether oxygens (including phenoxy) is 1. The molecule has 1 amide bonds. The quantitative estimate of drug-likeness (QED) is 0.411. The molecule has 0 saturated heterocycles. The van der Waals surface area contributed by atoms with Crippen LogP contribution in [0.25, 0.3) is 0 Å². The fourth-order valence-corrected chi connectivity index (χ4v) is 3.66. The SMILES string of the molecule is CCc1ccc(NCc2ccc(OCC(=O)Nc3ccc(C)cc3C)c(Br)c2)cc1. The van der Waals surface area contributed by atoms with E-state index in [4.69, 9.17) is 4.74 Å². The smallest absolute Gasteiger partial charge is 0.262 e. The summed E-state index contributed by atoms with van der Waals surface area (Å²) in [4.78, 5) is 12.2. The van der Waals surface area contributed by atoms with Gasteiger partial charge in [0.05, 0.1) is 4.47 Å². The molecule has 0 heterocycles. The van der Waals surface area contributed by atoms with Crippen LogP contribution >= 0.6 is 15.9 Å². The maximum absolute atomic E-state index is 12.2. The topological polar surface area (TPSA) is 50.4 Å². The summed E-state index contributed by atoms with van der Waals surface area (Å²) in [5, 5.41) is 6.32. The van der Waals surface area contributed by atoms with E-state index in [2.05, 4.69) is 57.8 Å². The number of anilines is 2. The van der Waals surface area contributed by atoms with Crippen molar-refractivity contribution in [3.8, 4) is 5.75 Å². The van der Waals surface area contributed by atoms with Crippen LogP contribution in [0.15, 0.2) is 65.1 Å². The van der Waals surface area contributed by atoms with Gasteiger partial charge in [-0.2, -0.15) is 0 Å². The first-order valence-electron chi connectivity index (χ1n) is 10.1. The molecule has 30 heavy (non-hydrogen) atoms. The van der Waals surface area contributed by atoms with Crippen molar-refractivity contribution in [2.45, 2.75) is 33.7 Å². The van der Waals surface area contributed by atoms with Gasteiger partial charge in [0.2, 0.25) is 0 Å². The van der Waals surface area contributed by atoms with Crippen LogP contribution in [0.4, 0.5) is 11.4 Å². The molecule has 0 aliphatic carbocycles. The number of nitrogens with one attached hydrogen (secondary N) is 2. The van der Waals surface area contributed by atoms with Crippen molar-refractivity contribution < 1.29 is 9.53 Å². The minimum absolute atomic E-state index is 0.0483. The average Bonchev–Trinajstić information content (AvgIpc) is 2.74. The third kappa shape index (κ3) is 6.10. The maximum atomic E-state index is 12.2. The van der Waals surface area contributed by atoms with Crippen LogP contribution in [0.2, 0.25) is 0 Å². The van der Waals surface area contributed by atoms with E-state index in [9.17, 15) is 4.79 Å². The molecule has 0 radical (unpaired) electrons. The van der Waals surface area contributed by atoms with Crippen LogP contribution in [-0.2, 0) is 17.8 Å². The van der Waals surface area contributed by atoms with Gasteiger partial charge >= 0.3 is 0 Å². The molecule has 0 aliphatic rings. The zero-order chi connectivity index (χ0) is 21.5. The molecule has 4 nitrogen and oxygen atoms in total. The Kier molecular flexibility index (Phi) is 7.52. The Morgan fingerprint density at radius 1 is 0.967 bits per heavy atom. The van der Waals surface area contributed by atoms with Crippen molar-refractivity contribution in [3.63, 3.8) is 0 Å². The van der Waals surface area contributed by atoms with Crippen LogP contribution in [0.5, 0.6) is 5.75 Å². The van der Waals surface area contributed by atoms with Gasteiger partial charge in [0.15, 0.2) is 6.61 Å². The molecule has 156 valence electrons. The highest BCUT2D eigenvalue weighted by Crippen LogP contribution is 2.26. The van der Waals surface area contributed by atoms with Crippen LogP contribution in [0.3, 0.4) is 0 Å². The van der Waals surface area contributed by atoms with Gasteiger partial charge in [0.1, 0.15) is 5.75 Å². The minimum atomic E-state index is -0.185. The molecule has 0 aromatic heterocycles. The van der Waals surface area contributed by atoms with Gasteiger partial charge in [0, 0.05) is 17.9 Å². The second-order valence-corrected chi connectivity index (χ2v) is 8.18. The van der Waals surface area contributed by atoms with Gasteiger partial charge in [-0.05, 0) is 83.2 Å². The van der Waals surface area contributed by atoms with E-state index in [-0.39, 0.29) is 12.5 Å². The molecule has 5 heteroatoms. The van der Waals surface area contributed by atoms with E-state index in [1.54, 1.807) is 0 Å². The first kappa shape index (κ1) is 21.9. The number of aryl methyl sites for hydroxylation is 3. The molecule has 0 fully saturated rings. The highest BCUT2D eigenvalue weighted by Gasteiger charge is 2.09. The van der Waals surface area contributed by atoms with Crippen LogP contribution in [0.1, 0.15) is 29.2 Å². The molecule has 3 rings (SSSR count). The van der Waals surface area contributed by atoms with Gasteiger partial charge in [-0.25, -0.2) is 0 Å². The third-order valence-corrected chi connectivity index (χ3v) is 5.49. The molecule has 0 spiro atoms. The Hall–Kier alpha value is -2.79. The summed E-state index contributed by atoms with van der Waals surface area (Å²) >= 11 is 3.54. The number of rotatable bonds is 8. The molecular formula is C25H27BrN2O2. The van der Waals surface area contributed by atoms with Crippen LogP contribution in [0, 0.1) is 13.8 Å². The first-order chi connectivity index (χ1) is 14.4. The van der Waals surface area contributed by atoms with Crippen LogP contribution in [-0.4, -0.2) is 12.5 Å². The molecule has 3 aromatic carbocycles. The van der Waals surface area contributed by atoms with E-state index in [1.807, 2.05) is 50.2 Å². The summed E-state index contributed by atoms with van der Waals surface area (Å²) in [5.41, 5.74) is 6.54. The molecule has 2 N–H and O–H groups in total. The summed E-state index contributed by atoms with van der Waals surface area (Å²) in [6.45, 7) is 6.81. The summed E-state index contributed by atoms with van der Waals surface area (Å²) in [7, 11) is 0. The summed E-state index contributed by atoms with van der Waals surface area (Å²) in [6, 6.07) is 20.3. The number of benzene rings is 3. The Balaban J connectivity index is 1.52. The van der Waals surface area contributed by atoms with Crippen molar-refractivity contribution >= 4 is 33.2 Å². The van der Waals surface area contributed by atoms with Gasteiger partial charge in [-0.1, -0.05) is 42.8 Å². The Bertz CT molecular complexity index is 1020. The van der Waals surface area contributed by atoms with Crippen molar-refractivity contribution in [1.82, 2.24) is 0 Å². The van der Waals surface area contributed by atoms with Crippen molar-refractivity contribution in [1.29, 1.82) is 0 Å². The lowest BCUT2D eigenvalue weighted by Gasteiger charge is -2.12. The highest BCUT2D eigenvalue weighted by atomic mass is 79.9. The summed E-state index contributed by atoms with van der Waals surface area (Å²) in [6.07, 6.45) is 1.04. The molecule has 0 unspecified atom stereocenters. The normalized spacial score (nSPS) is 10.5. The second kappa shape index (κ2) is 10.3. The Morgan fingerprint density at radius 3 is 2.37 bits per heavy atom. The van der Waals surface area contributed by atoms with Gasteiger partial charge < -0.3 is 15.4 Å². The van der Waals surface area contributed by atoms with Gasteiger partial charge in [0.25, 0.3) is 5.91 Å². The predicted octanol–water partition coefficient (Wildman–Crippen LogP) is 6.26. The molecule has 3 aromatic rings. The lowest BCUT2D eigenvalue weighted by Crippen LogP contribution is -2.20. The Labute approximate surface area is 186 Å². The summed E-state index contributed by atoms with van der Waals surface area (Å²) < 4.78 is 6.52. The number of hydrogen-bond acceptors (Lipinski definition) is 3. The fraction of sp³-hybridized carbons (Fsp3) is 0.240. The van der Waals surface area contributed by atoms with E-state index < -0.39 is 0 Å². The van der Waals surface area contributed by atoms with Crippen molar-refractivity contribution in [2.75, 3.05) is 17.2 Å². The van der Waals surface area contributed by atoms with Crippen LogP contribution < -0.4 is 15.4 Å². The second-order valence-electron chi connectivity index (χ2n) is 7.32. The van der Waals surface area contributed by atoms with Crippen molar-refractivity contribution in [2.24, 2.45) is 0 Å². The predicted molar refractivity (Wildman–Crippen MR) is 127 cm³/mol. The first-order valence-corrected chi connectivity index (χ1v) is 10.8. The number of carbonyl (C=O) groups is 1. The summed E-state index contributed by atoms with van der Waals surface area (Å²) in [5.74, 6) is 0.456. The average molecular weight is 467 g/mol. The number of hydrogen-bond donors (Lipinski definition) is 2. The number of amides is 1. The maximum Gasteiger partial charge on any atom is 0.262 e. The van der Waals surface area contributed by atoms with E-state index in [1.165, 1.54) is 11.1 Å². The van der Waals surface area contributed by atoms with E-state index in [0.29, 0.717) is 12.3 Å². The van der Waals surface area contributed by atoms with E-state index >= 15 is 0 Å². The molecular weight excluding hydrogens is 440 g/mol. The third-order valence-electron chi connectivity index (χ3n) is 4.87. The number of carbonyl (C=O) groups excluding carboxylic acids is 1. The monoisotopic (exact) mass is 466 g/mol. The Morgan fingerprint density at radius 2 is 1.70 bits per heavy atom. The fourth-order valence-electron chi connectivity index (χ4n) is 3.12.